The van der Waals surface area contributed by atoms with E-state index in [0.29, 0.717) is 17.1 Å². The van der Waals surface area contributed by atoms with E-state index in [4.69, 9.17) is 0 Å². The summed E-state index contributed by atoms with van der Waals surface area (Å²) in [4.78, 5) is 0. The average Bonchev–Trinajstić information content (AvgIpc) is 3.04. The van der Waals surface area contributed by atoms with Crippen LogP contribution >= 0.6 is 0 Å². The SMILES string of the molecule is CC1=CC2=CC[C@@H]3[C@H](CC[C@]4(C)[C@@H]([C@H](C)CCCC(C)C)CC[C@@H]34)[C@@]2(C)C(O)=C1C. The van der Waals surface area contributed by atoms with Crippen LogP contribution in [0.25, 0.3) is 0 Å². The molecular weight excluding hydrogens is 364 g/mol. The van der Waals surface area contributed by atoms with Crippen molar-refractivity contribution in [1.82, 2.24) is 0 Å². The summed E-state index contributed by atoms with van der Waals surface area (Å²) in [5, 5.41) is 11.3. The van der Waals surface area contributed by atoms with Gasteiger partial charge in [0.25, 0.3) is 0 Å². The summed E-state index contributed by atoms with van der Waals surface area (Å²) in [6.45, 7) is 16.5. The van der Waals surface area contributed by atoms with Crippen LogP contribution in [0, 0.1) is 46.3 Å². The van der Waals surface area contributed by atoms with E-state index in [1.807, 2.05) is 0 Å². The van der Waals surface area contributed by atoms with Gasteiger partial charge in [-0.1, -0.05) is 59.1 Å². The highest BCUT2D eigenvalue weighted by Gasteiger charge is 2.60. The molecule has 0 radical (unpaired) electrons. The van der Waals surface area contributed by atoms with Gasteiger partial charge in [-0.15, -0.1) is 0 Å². The van der Waals surface area contributed by atoms with Gasteiger partial charge in [0, 0.05) is 0 Å². The lowest BCUT2D eigenvalue weighted by molar-refractivity contribution is -0.0428. The molecule has 168 valence electrons. The van der Waals surface area contributed by atoms with Crippen LogP contribution in [0.1, 0.15) is 99.8 Å². The third-order valence-electron chi connectivity index (χ3n) is 10.4. The van der Waals surface area contributed by atoms with E-state index >= 15 is 0 Å². The molecule has 1 heteroatoms. The fourth-order valence-electron chi connectivity index (χ4n) is 8.49. The molecular formula is C29H46O. The molecule has 1 nitrogen and oxygen atoms in total. The molecule has 4 aliphatic carbocycles. The van der Waals surface area contributed by atoms with Crippen molar-refractivity contribution in [3.8, 4) is 0 Å². The van der Waals surface area contributed by atoms with Crippen molar-refractivity contribution >= 4 is 0 Å². The number of rotatable bonds is 5. The summed E-state index contributed by atoms with van der Waals surface area (Å²) >= 11 is 0. The fraction of sp³-hybridized carbons (Fsp3) is 0.793. The Morgan fingerprint density at radius 1 is 1.03 bits per heavy atom. The van der Waals surface area contributed by atoms with E-state index in [0.717, 1.165) is 35.2 Å². The van der Waals surface area contributed by atoms with Crippen LogP contribution in [0.2, 0.25) is 0 Å². The molecule has 0 bridgehead atoms. The maximum atomic E-state index is 11.3. The minimum atomic E-state index is -0.158. The van der Waals surface area contributed by atoms with Gasteiger partial charge in [-0.3, -0.25) is 0 Å². The minimum Gasteiger partial charge on any atom is -0.511 e. The van der Waals surface area contributed by atoms with Gasteiger partial charge in [0.15, 0.2) is 0 Å². The summed E-state index contributed by atoms with van der Waals surface area (Å²) in [7, 11) is 0. The van der Waals surface area contributed by atoms with Crippen molar-refractivity contribution in [1.29, 1.82) is 0 Å². The molecule has 1 N–H and O–H groups in total. The fourth-order valence-corrected chi connectivity index (χ4v) is 8.49. The number of hydrogen-bond donors (Lipinski definition) is 1. The second kappa shape index (κ2) is 7.86. The molecule has 7 atom stereocenters. The lowest BCUT2D eigenvalue weighted by Gasteiger charge is -2.57. The van der Waals surface area contributed by atoms with Crippen molar-refractivity contribution < 1.29 is 5.11 Å². The van der Waals surface area contributed by atoms with E-state index in [1.165, 1.54) is 62.5 Å². The third kappa shape index (κ3) is 3.25. The lowest BCUT2D eigenvalue weighted by Crippen LogP contribution is -2.50. The van der Waals surface area contributed by atoms with Crippen LogP contribution in [0.4, 0.5) is 0 Å². The predicted molar refractivity (Wildman–Crippen MR) is 128 cm³/mol. The van der Waals surface area contributed by atoms with E-state index < -0.39 is 0 Å². The van der Waals surface area contributed by atoms with E-state index in [2.05, 4.69) is 60.6 Å². The Bertz CT molecular complexity index is 767. The number of hydrogen-bond acceptors (Lipinski definition) is 1. The molecule has 0 aliphatic heterocycles. The molecule has 0 aromatic carbocycles. The summed E-state index contributed by atoms with van der Waals surface area (Å²) in [5.74, 6) is 5.44. The first-order valence-electron chi connectivity index (χ1n) is 12.9. The van der Waals surface area contributed by atoms with Gasteiger partial charge < -0.3 is 5.11 Å². The van der Waals surface area contributed by atoms with Crippen molar-refractivity contribution in [2.75, 3.05) is 0 Å². The zero-order chi connectivity index (χ0) is 21.8. The van der Waals surface area contributed by atoms with Crippen molar-refractivity contribution in [2.45, 2.75) is 99.8 Å². The largest absolute Gasteiger partial charge is 0.511 e. The maximum absolute atomic E-state index is 11.3. The number of aliphatic hydroxyl groups excluding tert-OH is 1. The summed E-state index contributed by atoms with van der Waals surface area (Å²) in [6, 6.07) is 0. The number of fused-ring (bicyclic) bond motifs is 5. The normalized spacial score (nSPS) is 41.7. The van der Waals surface area contributed by atoms with Gasteiger partial charge in [-0.05, 0) is 111 Å². The van der Waals surface area contributed by atoms with Gasteiger partial charge in [0.05, 0.1) is 5.41 Å². The number of aliphatic hydroxyl groups is 1. The van der Waals surface area contributed by atoms with Crippen molar-refractivity contribution in [3.05, 3.63) is 34.6 Å². The molecule has 0 spiro atoms. The Balaban J connectivity index is 1.57. The van der Waals surface area contributed by atoms with E-state index in [9.17, 15) is 5.11 Å². The molecule has 0 saturated heterocycles. The van der Waals surface area contributed by atoms with Crippen LogP contribution < -0.4 is 0 Å². The molecule has 4 aliphatic rings. The van der Waals surface area contributed by atoms with Gasteiger partial charge in [-0.25, -0.2) is 0 Å². The highest BCUT2D eigenvalue weighted by atomic mass is 16.3. The Morgan fingerprint density at radius 3 is 2.47 bits per heavy atom. The Labute approximate surface area is 186 Å². The molecule has 0 aromatic rings. The van der Waals surface area contributed by atoms with E-state index in [-0.39, 0.29) is 5.41 Å². The third-order valence-corrected chi connectivity index (χ3v) is 10.4. The second-order valence-electron chi connectivity index (χ2n) is 12.3. The standard InChI is InChI=1S/C29H46O/c1-18(2)9-8-10-19(3)24-13-14-25-23-12-11-22-17-20(4)21(5)27(30)29(22,7)26(23)15-16-28(24,25)6/h11,17-19,23-26,30H,8-10,12-16H2,1-7H3/t19-,23+,24-,25+,26+,28-,29+/m1/s1. The van der Waals surface area contributed by atoms with Crippen LogP contribution in [-0.4, -0.2) is 5.11 Å². The molecule has 2 saturated carbocycles. The summed E-state index contributed by atoms with van der Waals surface area (Å²) in [6.07, 6.45) is 15.8. The second-order valence-corrected chi connectivity index (χ2v) is 12.3. The minimum absolute atomic E-state index is 0.158. The quantitative estimate of drug-likeness (QED) is 0.481. The number of allylic oxidation sites excluding steroid dienone is 5. The Morgan fingerprint density at radius 2 is 1.77 bits per heavy atom. The maximum Gasteiger partial charge on any atom is 0.106 e. The zero-order valence-electron chi connectivity index (χ0n) is 20.7. The summed E-state index contributed by atoms with van der Waals surface area (Å²) in [5.41, 5.74) is 4.10. The Hall–Kier alpha value is -0.980. The van der Waals surface area contributed by atoms with Crippen molar-refractivity contribution in [3.63, 3.8) is 0 Å². The van der Waals surface area contributed by atoms with Crippen molar-refractivity contribution in [2.24, 2.45) is 46.3 Å². The van der Waals surface area contributed by atoms with Gasteiger partial charge >= 0.3 is 0 Å². The smallest absolute Gasteiger partial charge is 0.106 e. The molecule has 0 heterocycles. The summed E-state index contributed by atoms with van der Waals surface area (Å²) < 4.78 is 0. The van der Waals surface area contributed by atoms with E-state index in [1.54, 1.807) is 0 Å². The Kier molecular flexibility index (Phi) is 5.82. The van der Waals surface area contributed by atoms with Gasteiger partial charge in [-0.2, -0.15) is 0 Å². The van der Waals surface area contributed by atoms with Gasteiger partial charge in [0.1, 0.15) is 5.76 Å². The zero-order valence-corrected chi connectivity index (χ0v) is 20.7. The highest BCUT2D eigenvalue weighted by molar-refractivity contribution is 5.50. The molecule has 0 amide bonds. The van der Waals surface area contributed by atoms with Crippen LogP contribution in [0.5, 0.6) is 0 Å². The molecule has 0 unspecified atom stereocenters. The topological polar surface area (TPSA) is 20.2 Å². The molecule has 2 fully saturated rings. The van der Waals surface area contributed by atoms with Gasteiger partial charge in [0.2, 0.25) is 0 Å². The predicted octanol–water partition coefficient (Wildman–Crippen LogP) is 8.64. The molecule has 4 rings (SSSR count). The molecule has 30 heavy (non-hydrogen) atoms. The average molecular weight is 411 g/mol. The first-order chi connectivity index (χ1) is 14.1. The lowest BCUT2D eigenvalue weighted by atomic mass is 9.47. The highest BCUT2D eigenvalue weighted by Crippen LogP contribution is 2.67. The van der Waals surface area contributed by atoms with Crippen LogP contribution in [0.3, 0.4) is 0 Å². The first kappa shape index (κ1) is 22.2. The first-order valence-corrected chi connectivity index (χ1v) is 12.9. The van der Waals surface area contributed by atoms with Crippen LogP contribution in [0.15, 0.2) is 34.6 Å². The molecule has 0 aromatic heterocycles. The van der Waals surface area contributed by atoms with Crippen LogP contribution in [-0.2, 0) is 0 Å². The monoisotopic (exact) mass is 410 g/mol.